The lowest BCUT2D eigenvalue weighted by Crippen LogP contribution is -2.41. The fourth-order valence-electron chi connectivity index (χ4n) is 3.62. The molecular weight excluding hydrogens is 282 g/mol. The van der Waals surface area contributed by atoms with Gasteiger partial charge in [0, 0.05) is 18.6 Å². The summed E-state index contributed by atoms with van der Waals surface area (Å²) in [6.45, 7) is 7.32. The molecule has 0 aliphatic carbocycles. The fourth-order valence-corrected chi connectivity index (χ4v) is 3.62. The fraction of sp³-hybridized carbons (Fsp3) is 0.800. The molecule has 1 aromatic rings. The molecule has 1 amide bonds. The van der Waals surface area contributed by atoms with Gasteiger partial charge in [-0.1, -0.05) is 0 Å². The number of aromatic nitrogens is 3. The SMILES string of the molecule is CC(C)(C)OC(=O)N1C2CCC1C(CNCc1ncn[nH]1)C2. The predicted molar refractivity (Wildman–Crippen MR) is 81.1 cm³/mol. The van der Waals surface area contributed by atoms with Crippen LogP contribution in [0.4, 0.5) is 4.79 Å². The predicted octanol–water partition coefficient (Wildman–Crippen LogP) is 1.68. The quantitative estimate of drug-likeness (QED) is 0.884. The molecule has 7 nitrogen and oxygen atoms in total. The maximum absolute atomic E-state index is 12.4. The van der Waals surface area contributed by atoms with Crippen LogP contribution >= 0.6 is 0 Å². The van der Waals surface area contributed by atoms with Gasteiger partial charge < -0.3 is 15.0 Å². The minimum absolute atomic E-state index is 0.155. The van der Waals surface area contributed by atoms with Gasteiger partial charge in [-0.25, -0.2) is 9.78 Å². The van der Waals surface area contributed by atoms with Crippen LogP contribution in [0.5, 0.6) is 0 Å². The lowest BCUT2D eigenvalue weighted by molar-refractivity contribution is 0.0205. The molecule has 22 heavy (non-hydrogen) atoms. The first kappa shape index (κ1) is 15.3. The van der Waals surface area contributed by atoms with E-state index in [1.165, 1.54) is 6.33 Å². The summed E-state index contributed by atoms with van der Waals surface area (Å²) in [5, 5.41) is 10.1. The molecule has 2 N–H and O–H groups in total. The normalized spacial score (nSPS) is 27.4. The molecule has 2 aliphatic heterocycles. The average molecular weight is 307 g/mol. The van der Waals surface area contributed by atoms with E-state index in [0.717, 1.165) is 31.6 Å². The van der Waals surface area contributed by atoms with Crippen LogP contribution in [-0.2, 0) is 11.3 Å². The maximum Gasteiger partial charge on any atom is 0.410 e. The number of nitrogens with zero attached hydrogens (tertiary/aromatic N) is 3. The van der Waals surface area contributed by atoms with Crippen molar-refractivity contribution in [1.29, 1.82) is 0 Å². The first-order chi connectivity index (χ1) is 10.4. The zero-order valence-electron chi connectivity index (χ0n) is 13.5. The van der Waals surface area contributed by atoms with E-state index in [9.17, 15) is 4.79 Å². The maximum atomic E-state index is 12.4. The molecule has 3 heterocycles. The summed E-state index contributed by atoms with van der Waals surface area (Å²) in [4.78, 5) is 18.5. The van der Waals surface area contributed by atoms with Crippen molar-refractivity contribution in [3.05, 3.63) is 12.2 Å². The molecular formula is C15H25N5O2. The standard InChI is InChI=1S/C15H25N5O2/c1-15(2,3)22-14(21)20-11-4-5-12(20)10(6-11)7-16-8-13-17-9-18-19-13/h9-12,16H,4-8H2,1-3H3,(H,17,18,19). The van der Waals surface area contributed by atoms with E-state index < -0.39 is 5.60 Å². The van der Waals surface area contributed by atoms with E-state index in [4.69, 9.17) is 4.74 Å². The van der Waals surface area contributed by atoms with Crippen LogP contribution in [0.2, 0.25) is 0 Å². The highest BCUT2D eigenvalue weighted by Gasteiger charge is 2.49. The van der Waals surface area contributed by atoms with E-state index in [-0.39, 0.29) is 6.09 Å². The number of ether oxygens (including phenoxy) is 1. The van der Waals surface area contributed by atoms with Crippen molar-refractivity contribution < 1.29 is 9.53 Å². The molecule has 0 spiro atoms. The monoisotopic (exact) mass is 307 g/mol. The topological polar surface area (TPSA) is 83.1 Å². The molecule has 2 bridgehead atoms. The van der Waals surface area contributed by atoms with Crippen LogP contribution in [0.15, 0.2) is 6.33 Å². The van der Waals surface area contributed by atoms with Crippen LogP contribution in [0.3, 0.4) is 0 Å². The van der Waals surface area contributed by atoms with E-state index in [0.29, 0.717) is 24.5 Å². The second-order valence-corrected chi connectivity index (χ2v) is 7.24. The number of fused-ring (bicyclic) bond motifs is 2. The Bertz CT molecular complexity index is 511. The van der Waals surface area contributed by atoms with Gasteiger partial charge in [0.15, 0.2) is 0 Å². The number of H-pyrrole nitrogens is 1. The number of amides is 1. The van der Waals surface area contributed by atoms with Gasteiger partial charge in [-0.2, -0.15) is 5.10 Å². The van der Waals surface area contributed by atoms with Gasteiger partial charge in [0.2, 0.25) is 0 Å². The summed E-state index contributed by atoms with van der Waals surface area (Å²) in [5.74, 6) is 1.33. The van der Waals surface area contributed by atoms with Crippen molar-refractivity contribution in [2.24, 2.45) is 5.92 Å². The van der Waals surface area contributed by atoms with Crippen molar-refractivity contribution in [3.8, 4) is 0 Å². The molecule has 122 valence electrons. The first-order valence-electron chi connectivity index (χ1n) is 8.00. The number of rotatable bonds is 4. The van der Waals surface area contributed by atoms with Crippen molar-refractivity contribution >= 4 is 6.09 Å². The highest BCUT2D eigenvalue weighted by molar-refractivity contribution is 5.70. The van der Waals surface area contributed by atoms with E-state index in [2.05, 4.69) is 20.5 Å². The van der Waals surface area contributed by atoms with Gasteiger partial charge in [-0.05, 0) is 46.0 Å². The molecule has 2 saturated heterocycles. The second-order valence-electron chi connectivity index (χ2n) is 7.24. The Morgan fingerprint density at radius 2 is 2.32 bits per heavy atom. The van der Waals surface area contributed by atoms with Crippen molar-refractivity contribution in [2.75, 3.05) is 6.54 Å². The summed E-state index contributed by atoms with van der Waals surface area (Å²) in [7, 11) is 0. The van der Waals surface area contributed by atoms with Crippen LogP contribution in [0, 0.1) is 5.92 Å². The molecule has 2 aliphatic rings. The Balaban J connectivity index is 1.53. The number of hydrogen-bond acceptors (Lipinski definition) is 5. The molecule has 3 unspecified atom stereocenters. The smallest absolute Gasteiger partial charge is 0.410 e. The van der Waals surface area contributed by atoms with Crippen molar-refractivity contribution in [1.82, 2.24) is 25.4 Å². The number of carbonyl (C=O) groups excluding carboxylic acids is 1. The average Bonchev–Trinajstić information content (AvgIpc) is 3.11. The van der Waals surface area contributed by atoms with Gasteiger partial charge in [0.25, 0.3) is 0 Å². The third kappa shape index (κ3) is 3.24. The van der Waals surface area contributed by atoms with Crippen LogP contribution in [-0.4, -0.2) is 50.4 Å². The summed E-state index contributed by atoms with van der Waals surface area (Å²) >= 11 is 0. The van der Waals surface area contributed by atoms with Gasteiger partial charge in [-0.15, -0.1) is 0 Å². The van der Waals surface area contributed by atoms with Crippen LogP contribution in [0.1, 0.15) is 45.9 Å². The molecule has 1 aromatic heterocycles. The molecule has 0 aromatic carbocycles. The molecule has 3 atom stereocenters. The lowest BCUT2D eigenvalue weighted by atomic mass is 9.89. The van der Waals surface area contributed by atoms with Crippen molar-refractivity contribution in [3.63, 3.8) is 0 Å². The van der Waals surface area contributed by atoms with E-state index >= 15 is 0 Å². The van der Waals surface area contributed by atoms with Gasteiger partial charge >= 0.3 is 6.09 Å². The Morgan fingerprint density at radius 1 is 1.50 bits per heavy atom. The molecule has 7 heteroatoms. The van der Waals surface area contributed by atoms with E-state index in [1.54, 1.807) is 0 Å². The summed E-state index contributed by atoms with van der Waals surface area (Å²) in [5.41, 5.74) is -0.431. The van der Waals surface area contributed by atoms with Crippen LogP contribution in [0.25, 0.3) is 0 Å². The minimum Gasteiger partial charge on any atom is -0.444 e. The Hall–Kier alpha value is -1.63. The number of nitrogens with one attached hydrogen (secondary N) is 2. The molecule has 2 fully saturated rings. The zero-order chi connectivity index (χ0) is 15.7. The zero-order valence-corrected chi connectivity index (χ0v) is 13.5. The number of hydrogen-bond donors (Lipinski definition) is 2. The van der Waals surface area contributed by atoms with Gasteiger partial charge in [-0.3, -0.25) is 5.10 Å². The Labute approximate surface area is 130 Å². The number of carbonyl (C=O) groups is 1. The largest absolute Gasteiger partial charge is 0.444 e. The first-order valence-corrected chi connectivity index (χ1v) is 8.00. The Morgan fingerprint density at radius 3 is 3.00 bits per heavy atom. The van der Waals surface area contributed by atoms with Gasteiger partial charge in [0.1, 0.15) is 17.8 Å². The summed E-state index contributed by atoms with van der Waals surface area (Å²) in [6.07, 6.45) is 4.60. The summed E-state index contributed by atoms with van der Waals surface area (Å²) < 4.78 is 5.56. The van der Waals surface area contributed by atoms with Crippen LogP contribution < -0.4 is 5.32 Å². The Kier molecular flexibility index (Phi) is 4.08. The second kappa shape index (κ2) is 5.87. The van der Waals surface area contributed by atoms with Gasteiger partial charge in [0.05, 0.1) is 6.54 Å². The minimum atomic E-state index is -0.431. The number of aromatic amines is 1. The third-order valence-corrected chi connectivity index (χ3v) is 4.43. The highest BCUT2D eigenvalue weighted by Crippen LogP contribution is 2.42. The highest BCUT2D eigenvalue weighted by atomic mass is 16.6. The third-order valence-electron chi connectivity index (χ3n) is 4.43. The summed E-state index contributed by atoms with van der Waals surface area (Å²) in [6, 6.07) is 0.652. The lowest BCUT2D eigenvalue weighted by Gasteiger charge is -2.28. The molecule has 0 radical (unpaired) electrons. The van der Waals surface area contributed by atoms with E-state index in [1.807, 2.05) is 25.7 Å². The molecule has 0 saturated carbocycles. The molecule has 3 rings (SSSR count). The van der Waals surface area contributed by atoms with Crippen molar-refractivity contribution in [2.45, 2.75) is 64.3 Å².